The number of hydrogen-bond acceptors (Lipinski definition) is 5. The lowest BCUT2D eigenvalue weighted by molar-refractivity contribution is -0.139. The number of nitrogens with zero attached hydrogens (tertiary/aromatic N) is 1. The Bertz CT molecular complexity index is 950. The molecule has 30 heavy (non-hydrogen) atoms. The summed E-state index contributed by atoms with van der Waals surface area (Å²) >= 11 is 0. The minimum Gasteiger partial charge on any atom is -0.481 e. The number of carboxylic acid groups (broad SMARTS) is 1. The highest BCUT2D eigenvalue weighted by Gasteiger charge is 2.40. The molecule has 9 heteroatoms. The third-order valence-corrected chi connectivity index (χ3v) is 6.22. The van der Waals surface area contributed by atoms with E-state index in [1.54, 1.807) is 12.1 Å². The van der Waals surface area contributed by atoms with Crippen molar-refractivity contribution in [2.24, 2.45) is 0 Å². The first-order valence-corrected chi connectivity index (χ1v) is 10.1. The van der Waals surface area contributed by atoms with Gasteiger partial charge in [0.2, 0.25) is 11.8 Å². The van der Waals surface area contributed by atoms with E-state index in [1.807, 2.05) is 0 Å². The second-order valence-corrected chi connectivity index (χ2v) is 8.28. The molecule has 4 rings (SSSR count). The van der Waals surface area contributed by atoms with E-state index in [0.29, 0.717) is 24.0 Å². The lowest BCUT2D eigenvalue weighted by atomic mass is 9.92. The Labute approximate surface area is 172 Å². The minimum absolute atomic E-state index is 0.133. The first-order chi connectivity index (χ1) is 14.3. The highest BCUT2D eigenvalue weighted by Crippen LogP contribution is 2.33. The third kappa shape index (κ3) is 3.67. The van der Waals surface area contributed by atoms with Crippen LogP contribution in [0.2, 0.25) is 0 Å². The van der Waals surface area contributed by atoms with Gasteiger partial charge >= 0.3 is 5.97 Å². The molecule has 9 nitrogen and oxygen atoms in total. The molecule has 1 aromatic carbocycles. The van der Waals surface area contributed by atoms with E-state index in [0.717, 1.165) is 12.8 Å². The standard InChI is InChI=1S/C21H23N3O6/c25-16-6-5-15(19(29)22-16)24-11-13-4-3-12(9-14(13)20(24)30)18(28)23-21(10-17(26)27)7-1-2-8-21/h3-4,9,15H,1-2,5-8,10-11H2,(H,23,28)(H,26,27)(H,22,25,29). The Hall–Kier alpha value is -3.23. The fraction of sp³-hybridized carbons (Fsp3) is 0.476. The molecule has 1 atom stereocenters. The largest absolute Gasteiger partial charge is 0.481 e. The van der Waals surface area contributed by atoms with E-state index in [1.165, 1.54) is 11.0 Å². The number of fused-ring (bicyclic) bond motifs is 1. The predicted molar refractivity (Wildman–Crippen MR) is 103 cm³/mol. The van der Waals surface area contributed by atoms with Crippen molar-refractivity contribution in [1.29, 1.82) is 0 Å². The Morgan fingerprint density at radius 2 is 1.93 bits per heavy atom. The summed E-state index contributed by atoms with van der Waals surface area (Å²) in [4.78, 5) is 61.9. The highest BCUT2D eigenvalue weighted by atomic mass is 16.4. The zero-order valence-corrected chi connectivity index (χ0v) is 16.4. The molecular formula is C21H23N3O6. The fourth-order valence-corrected chi connectivity index (χ4v) is 4.70. The average molecular weight is 413 g/mol. The van der Waals surface area contributed by atoms with Crippen LogP contribution in [0.25, 0.3) is 0 Å². The van der Waals surface area contributed by atoms with Gasteiger partial charge in [0.25, 0.3) is 11.8 Å². The Balaban J connectivity index is 1.52. The molecule has 1 aromatic rings. The van der Waals surface area contributed by atoms with Gasteiger partial charge in [-0.05, 0) is 37.0 Å². The van der Waals surface area contributed by atoms with Crippen LogP contribution < -0.4 is 10.6 Å². The second kappa shape index (κ2) is 7.55. The van der Waals surface area contributed by atoms with Crippen molar-refractivity contribution in [2.45, 2.75) is 63.1 Å². The van der Waals surface area contributed by atoms with Crippen LogP contribution in [0, 0.1) is 0 Å². The summed E-state index contributed by atoms with van der Waals surface area (Å²) in [7, 11) is 0. The average Bonchev–Trinajstić information content (AvgIpc) is 3.26. The summed E-state index contributed by atoms with van der Waals surface area (Å²) in [5.41, 5.74) is 0.586. The third-order valence-electron chi connectivity index (χ3n) is 6.22. The Kier molecular flexibility index (Phi) is 5.05. The predicted octanol–water partition coefficient (Wildman–Crippen LogP) is 0.965. The molecule has 2 fully saturated rings. The van der Waals surface area contributed by atoms with Crippen LogP contribution in [0.1, 0.15) is 71.2 Å². The molecule has 3 N–H and O–H groups in total. The topological polar surface area (TPSA) is 133 Å². The van der Waals surface area contributed by atoms with Crippen molar-refractivity contribution in [3.8, 4) is 0 Å². The Morgan fingerprint density at radius 3 is 2.60 bits per heavy atom. The number of aliphatic carboxylic acids is 1. The van der Waals surface area contributed by atoms with E-state index in [2.05, 4.69) is 10.6 Å². The molecule has 1 saturated carbocycles. The molecule has 2 heterocycles. The SMILES string of the molecule is O=C(O)CC1(NC(=O)c2ccc3c(c2)C(=O)N(C2CCC(=O)NC2=O)C3)CCCC1. The minimum atomic E-state index is -0.957. The van der Waals surface area contributed by atoms with Gasteiger partial charge in [0.15, 0.2) is 0 Å². The molecule has 0 aromatic heterocycles. The summed E-state index contributed by atoms with van der Waals surface area (Å²) in [5.74, 6) is -2.55. The molecule has 158 valence electrons. The van der Waals surface area contributed by atoms with Crippen molar-refractivity contribution in [1.82, 2.24) is 15.5 Å². The summed E-state index contributed by atoms with van der Waals surface area (Å²) in [6.45, 7) is 0.241. The summed E-state index contributed by atoms with van der Waals surface area (Å²) in [6.07, 6.45) is 3.25. The molecule has 3 aliphatic rings. The molecule has 0 radical (unpaired) electrons. The second-order valence-electron chi connectivity index (χ2n) is 8.28. The van der Waals surface area contributed by atoms with E-state index < -0.39 is 29.4 Å². The van der Waals surface area contributed by atoms with Crippen LogP contribution >= 0.6 is 0 Å². The van der Waals surface area contributed by atoms with Gasteiger partial charge in [-0.2, -0.15) is 0 Å². The number of carbonyl (C=O) groups is 5. The summed E-state index contributed by atoms with van der Waals surface area (Å²) < 4.78 is 0. The molecule has 4 amide bonds. The number of carboxylic acids is 1. The fourth-order valence-electron chi connectivity index (χ4n) is 4.70. The molecule has 0 spiro atoms. The van der Waals surface area contributed by atoms with E-state index in [4.69, 9.17) is 0 Å². The van der Waals surface area contributed by atoms with E-state index >= 15 is 0 Å². The zero-order valence-electron chi connectivity index (χ0n) is 16.4. The number of hydrogen-bond donors (Lipinski definition) is 3. The summed E-state index contributed by atoms with van der Waals surface area (Å²) in [5, 5.41) is 14.4. The van der Waals surface area contributed by atoms with Crippen LogP contribution in [0.15, 0.2) is 18.2 Å². The van der Waals surface area contributed by atoms with E-state index in [9.17, 15) is 29.1 Å². The molecule has 0 bridgehead atoms. The maximum atomic E-state index is 12.9. The number of amides is 4. The van der Waals surface area contributed by atoms with Crippen LogP contribution in [-0.2, 0) is 20.9 Å². The number of benzene rings is 1. The van der Waals surface area contributed by atoms with Crippen molar-refractivity contribution < 1.29 is 29.1 Å². The number of piperidine rings is 1. The van der Waals surface area contributed by atoms with Gasteiger partial charge in [-0.1, -0.05) is 18.9 Å². The highest BCUT2D eigenvalue weighted by molar-refractivity contribution is 6.06. The van der Waals surface area contributed by atoms with Crippen molar-refractivity contribution in [2.75, 3.05) is 0 Å². The maximum Gasteiger partial charge on any atom is 0.305 e. The van der Waals surface area contributed by atoms with Gasteiger partial charge in [-0.15, -0.1) is 0 Å². The van der Waals surface area contributed by atoms with Crippen molar-refractivity contribution in [3.63, 3.8) is 0 Å². The molecule has 1 aliphatic carbocycles. The van der Waals surface area contributed by atoms with Crippen molar-refractivity contribution in [3.05, 3.63) is 34.9 Å². The first kappa shape index (κ1) is 20.1. The lowest BCUT2D eigenvalue weighted by Crippen LogP contribution is -2.52. The number of imide groups is 1. The van der Waals surface area contributed by atoms with Crippen molar-refractivity contribution >= 4 is 29.6 Å². The van der Waals surface area contributed by atoms with Gasteiger partial charge in [0.05, 0.1) is 12.0 Å². The Morgan fingerprint density at radius 1 is 1.20 bits per heavy atom. The molecular weight excluding hydrogens is 390 g/mol. The van der Waals surface area contributed by atoms with Crippen LogP contribution in [0.3, 0.4) is 0 Å². The first-order valence-electron chi connectivity index (χ1n) is 10.1. The molecule has 2 aliphatic heterocycles. The molecule has 1 saturated heterocycles. The normalized spacial score (nSPS) is 22.6. The number of rotatable bonds is 5. The lowest BCUT2D eigenvalue weighted by Gasteiger charge is -2.29. The van der Waals surface area contributed by atoms with Crippen LogP contribution in [-0.4, -0.2) is 51.2 Å². The number of nitrogens with one attached hydrogen (secondary N) is 2. The van der Waals surface area contributed by atoms with E-state index in [-0.39, 0.29) is 43.2 Å². The summed E-state index contributed by atoms with van der Waals surface area (Å²) in [6, 6.07) is 4.09. The van der Waals surface area contributed by atoms with Gasteiger partial charge in [0, 0.05) is 24.1 Å². The smallest absolute Gasteiger partial charge is 0.305 e. The number of carbonyl (C=O) groups excluding carboxylic acids is 4. The van der Waals surface area contributed by atoms with Crippen LogP contribution in [0.4, 0.5) is 0 Å². The zero-order chi connectivity index (χ0) is 21.5. The quantitative estimate of drug-likeness (QED) is 0.616. The van der Waals surface area contributed by atoms with Crippen LogP contribution in [0.5, 0.6) is 0 Å². The van der Waals surface area contributed by atoms with Gasteiger partial charge in [-0.25, -0.2) is 0 Å². The monoisotopic (exact) mass is 413 g/mol. The maximum absolute atomic E-state index is 12.9. The van der Waals surface area contributed by atoms with Gasteiger partial charge < -0.3 is 15.3 Å². The molecule has 1 unspecified atom stereocenters. The van der Waals surface area contributed by atoms with Gasteiger partial charge in [0.1, 0.15) is 6.04 Å². The van der Waals surface area contributed by atoms with Gasteiger partial charge in [-0.3, -0.25) is 29.3 Å².